The van der Waals surface area contributed by atoms with Crippen molar-refractivity contribution in [1.29, 1.82) is 0 Å². The molecular weight excluding hydrogens is 406 g/mol. The SMILES string of the molecule is Cc1cc(C(=O)N2CCC3(C2)c2cccn2-c2ncccc2N3CC(=O)N(C)C)oc1C. The number of aryl methyl sites for hydroxylation is 2. The topological polar surface area (TPSA) is 74.8 Å². The molecule has 1 atom stereocenters. The van der Waals surface area contributed by atoms with Gasteiger partial charge in [-0.15, -0.1) is 0 Å². The molecule has 5 heterocycles. The Kier molecular flexibility index (Phi) is 4.62. The summed E-state index contributed by atoms with van der Waals surface area (Å²) < 4.78 is 7.80. The van der Waals surface area contributed by atoms with Gasteiger partial charge in [-0.25, -0.2) is 4.98 Å². The van der Waals surface area contributed by atoms with Crippen LogP contribution >= 0.6 is 0 Å². The minimum Gasteiger partial charge on any atom is -0.456 e. The lowest BCUT2D eigenvalue weighted by Gasteiger charge is -2.46. The first kappa shape index (κ1) is 20.4. The van der Waals surface area contributed by atoms with Crippen molar-refractivity contribution in [2.45, 2.75) is 25.8 Å². The molecular formula is C24H27N5O3. The van der Waals surface area contributed by atoms with Gasteiger partial charge in [0.15, 0.2) is 11.6 Å². The number of amides is 2. The smallest absolute Gasteiger partial charge is 0.289 e. The van der Waals surface area contributed by atoms with E-state index in [4.69, 9.17) is 4.42 Å². The normalized spacial score (nSPS) is 19.2. The van der Waals surface area contributed by atoms with E-state index >= 15 is 0 Å². The van der Waals surface area contributed by atoms with Gasteiger partial charge in [-0.1, -0.05) is 0 Å². The van der Waals surface area contributed by atoms with E-state index in [1.165, 1.54) is 0 Å². The van der Waals surface area contributed by atoms with Crippen LogP contribution in [0.2, 0.25) is 0 Å². The van der Waals surface area contributed by atoms with Crippen molar-refractivity contribution in [3.8, 4) is 5.82 Å². The third-order valence-electron chi connectivity index (χ3n) is 6.73. The molecule has 0 aliphatic carbocycles. The number of anilines is 1. The summed E-state index contributed by atoms with van der Waals surface area (Å²) in [5.74, 6) is 1.80. The fraction of sp³-hybridized carbons (Fsp3) is 0.375. The summed E-state index contributed by atoms with van der Waals surface area (Å²) in [5.41, 5.74) is 2.37. The third-order valence-corrected chi connectivity index (χ3v) is 6.73. The maximum atomic E-state index is 13.3. The fourth-order valence-electron chi connectivity index (χ4n) is 4.84. The van der Waals surface area contributed by atoms with Crippen LogP contribution in [0.5, 0.6) is 0 Å². The molecule has 2 amide bonds. The molecule has 0 saturated carbocycles. The van der Waals surface area contributed by atoms with Crippen LogP contribution in [0.4, 0.5) is 5.69 Å². The Hall–Kier alpha value is -3.55. The minimum atomic E-state index is -0.530. The molecule has 0 aromatic carbocycles. The predicted molar refractivity (Wildman–Crippen MR) is 120 cm³/mol. The largest absolute Gasteiger partial charge is 0.456 e. The Labute approximate surface area is 187 Å². The van der Waals surface area contributed by atoms with Crippen molar-refractivity contribution in [2.75, 3.05) is 38.6 Å². The molecule has 166 valence electrons. The molecule has 3 aromatic heterocycles. The van der Waals surface area contributed by atoms with Crippen LogP contribution in [0.25, 0.3) is 5.82 Å². The predicted octanol–water partition coefficient (Wildman–Crippen LogP) is 2.73. The molecule has 1 fully saturated rings. The summed E-state index contributed by atoms with van der Waals surface area (Å²) in [5, 5.41) is 0. The van der Waals surface area contributed by atoms with Crippen LogP contribution in [0, 0.1) is 13.8 Å². The molecule has 0 N–H and O–H groups in total. The number of hydrogen-bond acceptors (Lipinski definition) is 5. The van der Waals surface area contributed by atoms with Crippen molar-refractivity contribution in [3.05, 3.63) is 65.5 Å². The molecule has 1 spiro atoms. The number of nitrogens with zero attached hydrogens (tertiary/aromatic N) is 5. The van der Waals surface area contributed by atoms with Gasteiger partial charge in [0.2, 0.25) is 5.91 Å². The van der Waals surface area contributed by atoms with Crippen molar-refractivity contribution >= 4 is 17.5 Å². The van der Waals surface area contributed by atoms with Crippen molar-refractivity contribution in [1.82, 2.24) is 19.4 Å². The zero-order valence-corrected chi connectivity index (χ0v) is 18.8. The molecule has 1 unspecified atom stereocenters. The number of carbonyl (C=O) groups is 2. The highest BCUT2D eigenvalue weighted by Gasteiger charge is 2.51. The molecule has 5 rings (SSSR count). The van der Waals surface area contributed by atoms with E-state index in [0.717, 1.165) is 28.5 Å². The fourth-order valence-corrected chi connectivity index (χ4v) is 4.84. The van der Waals surface area contributed by atoms with E-state index in [1.807, 2.05) is 43.1 Å². The minimum absolute atomic E-state index is 0.00115. The van der Waals surface area contributed by atoms with Gasteiger partial charge in [0.25, 0.3) is 5.91 Å². The Balaban J connectivity index is 1.58. The summed E-state index contributed by atoms with van der Waals surface area (Å²) in [6.07, 6.45) is 4.47. The molecule has 0 radical (unpaired) electrons. The first-order valence-electron chi connectivity index (χ1n) is 10.8. The van der Waals surface area contributed by atoms with Gasteiger partial charge in [0, 0.05) is 33.0 Å². The third kappa shape index (κ3) is 2.93. The number of likely N-dealkylation sites (N-methyl/N-ethyl adjacent to an activating group) is 1. The van der Waals surface area contributed by atoms with Crippen LogP contribution in [-0.2, 0) is 10.3 Å². The van der Waals surface area contributed by atoms with Gasteiger partial charge in [0.05, 0.1) is 24.5 Å². The lowest BCUT2D eigenvalue weighted by Crippen LogP contribution is -2.55. The summed E-state index contributed by atoms with van der Waals surface area (Å²) >= 11 is 0. The second-order valence-corrected chi connectivity index (χ2v) is 8.84. The molecule has 8 nitrogen and oxygen atoms in total. The van der Waals surface area contributed by atoms with Crippen molar-refractivity contribution < 1.29 is 14.0 Å². The second kappa shape index (κ2) is 7.25. The molecule has 8 heteroatoms. The molecule has 0 bridgehead atoms. The lowest BCUT2D eigenvalue weighted by atomic mass is 9.88. The van der Waals surface area contributed by atoms with E-state index in [0.29, 0.717) is 25.3 Å². The Morgan fingerprint density at radius 1 is 1.22 bits per heavy atom. The quantitative estimate of drug-likeness (QED) is 0.635. The number of carbonyl (C=O) groups excluding carboxylic acids is 2. The average molecular weight is 434 g/mol. The highest BCUT2D eigenvalue weighted by molar-refractivity contribution is 5.92. The van der Waals surface area contributed by atoms with Crippen LogP contribution < -0.4 is 4.90 Å². The monoisotopic (exact) mass is 433 g/mol. The maximum Gasteiger partial charge on any atom is 0.289 e. The number of fused-ring (bicyclic) bond motifs is 4. The van der Waals surface area contributed by atoms with Crippen molar-refractivity contribution in [2.24, 2.45) is 0 Å². The van der Waals surface area contributed by atoms with Gasteiger partial charge >= 0.3 is 0 Å². The molecule has 2 aliphatic rings. The second-order valence-electron chi connectivity index (χ2n) is 8.84. The van der Waals surface area contributed by atoms with Crippen LogP contribution in [0.15, 0.2) is 47.1 Å². The van der Waals surface area contributed by atoms with E-state index in [-0.39, 0.29) is 18.4 Å². The highest BCUT2D eigenvalue weighted by atomic mass is 16.4. The molecule has 3 aromatic rings. The number of rotatable bonds is 3. The van der Waals surface area contributed by atoms with Crippen molar-refractivity contribution in [3.63, 3.8) is 0 Å². The highest BCUT2D eigenvalue weighted by Crippen LogP contribution is 2.47. The van der Waals surface area contributed by atoms with Crippen LogP contribution in [0.3, 0.4) is 0 Å². The first-order chi connectivity index (χ1) is 15.3. The van der Waals surface area contributed by atoms with E-state index < -0.39 is 5.54 Å². The van der Waals surface area contributed by atoms with Gasteiger partial charge in [-0.3, -0.25) is 9.59 Å². The summed E-state index contributed by atoms with van der Waals surface area (Å²) in [6.45, 7) is 5.05. The zero-order chi connectivity index (χ0) is 22.6. The summed E-state index contributed by atoms with van der Waals surface area (Å²) in [6, 6.07) is 9.76. The summed E-state index contributed by atoms with van der Waals surface area (Å²) in [4.78, 5) is 36.3. The van der Waals surface area contributed by atoms with Crippen LogP contribution in [-0.4, -0.2) is 64.9 Å². The number of furan rings is 1. The lowest BCUT2D eigenvalue weighted by molar-refractivity contribution is -0.127. The van der Waals surface area contributed by atoms with Gasteiger partial charge in [0.1, 0.15) is 11.3 Å². The Morgan fingerprint density at radius 3 is 2.75 bits per heavy atom. The van der Waals surface area contributed by atoms with E-state index in [9.17, 15) is 9.59 Å². The standard InChI is InChI=1S/C24H27N5O3/c1-16-13-19(32-17(16)2)23(31)27-12-9-24(15-27)20-8-6-11-28(20)22-18(7-5-10-25-22)29(24)14-21(30)26(3)4/h5-8,10-11,13H,9,12,14-15H2,1-4H3. The van der Waals surface area contributed by atoms with Gasteiger partial charge in [-0.05, 0) is 56.2 Å². The number of likely N-dealkylation sites (tertiary alicyclic amines) is 1. The maximum absolute atomic E-state index is 13.3. The zero-order valence-electron chi connectivity index (χ0n) is 18.8. The Morgan fingerprint density at radius 2 is 2.03 bits per heavy atom. The number of hydrogen-bond donors (Lipinski definition) is 0. The first-order valence-corrected chi connectivity index (χ1v) is 10.8. The van der Waals surface area contributed by atoms with Crippen LogP contribution in [0.1, 0.15) is 34.0 Å². The summed E-state index contributed by atoms with van der Waals surface area (Å²) in [7, 11) is 3.52. The average Bonchev–Trinajstić information content (AvgIpc) is 3.50. The Bertz CT molecular complexity index is 1190. The molecule has 32 heavy (non-hydrogen) atoms. The number of pyridine rings is 1. The number of aromatic nitrogens is 2. The molecule has 1 saturated heterocycles. The van der Waals surface area contributed by atoms with E-state index in [2.05, 4.69) is 20.5 Å². The van der Waals surface area contributed by atoms with Gasteiger partial charge in [-0.2, -0.15) is 0 Å². The molecule has 2 aliphatic heterocycles. The van der Waals surface area contributed by atoms with E-state index in [1.54, 1.807) is 31.3 Å². The van der Waals surface area contributed by atoms with Gasteiger partial charge < -0.3 is 23.7 Å².